The second-order valence-electron chi connectivity index (χ2n) is 6.27. The van der Waals surface area contributed by atoms with E-state index in [0.717, 1.165) is 18.4 Å². The number of benzene rings is 1. The van der Waals surface area contributed by atoms with Crippen molar-refractivity contribution in [3.05, 3.63) is 35.9 Å². The zero-order chi connectivity index (χ0) is 16.8. The summed E-state index contributed by atoms with van der Waals surface area (Å²) < 4.78 is 5.71. The molecule has 0 bridgehead atoms. The van der Waals surface area contributed by atoms with Gasteiger partial charge in [0.2, 0.25) is 5.91 Å². The summed E-state index contributed by atoms with van der Waals surface area (Å²) in [5, 5.41) is 12.2. The molecule has 1 aromatic rings. The Morgan fingerprint density at radius 1 is 1.30 bits per heavy atom. The van der Waals surface area contributed by atoms with E-state index in [1.54, 1.807) is 6.92 Å². The number of carboxylic acid groups (broad SMARTS) is 1. The molecule has 0 aliphatic carbocycles. The lowest BCUT2D eigenvalue weighted by molar-refractivity contribution is -0.142. The van der Waals surface area contributed by atoms with E-state index in [0.29, 0.717) is 12.8 Å². The summed E-state index contributed by atoms with van der Waals surface area (Å²) in [6.45, 7) is 3.65. The fourth-order valence-electron chi connectivity index (χ4n) is 2.94. The summed E-state index contributed by atoms with van der Waals surface area (Å²) in [6.07, 6.45) is 3.47. The van der Waals surface area contributed by atoms with Gasteiger partial charge in [-0.3, -0.25) is 9.59 Å². The molecule has 1 amide bonds. The predicted molar refractivity (Wildman–Crippen MR) is 86.9 cm³/mol. The first-order valence-electron chi connectivity index (χ1n) is 8.20. The molecule has 1 aliphatic rings. The van der Waals surface area contributed by atoms with Gasteiger partial charge >= 0.3 is 5.97 Å². The van der Waals surface area contributed by atoms with Gasteiger partial charge in [0.05, 0.1) is 24.2 Å². The number of carbonyl (C=O) groups excluding carboxylic acids is 1. The minimum Gasteiger partial charge on any atom is -0.481 e. The number of amides is 1. The minimum atomic E-state index is -0.924. The number of aliphatic carboxylic acids is 1. The molecule has 0 radical (unpaired) electrons. The van der Waals surface area contributed by atoms with Crippen LogP contribution < -0.4 is 5.32 Å². The fraction of sp³-hybridized carbons (Fsp3) is 0.556. The van der Waals surface area contributed by atoms with Crippen LogP contribution in [0, 0.1) is 5.92 Å². The summed E-state index contributed by atoms with van der Waals surface area (Å²) in [6, 6.07) is 8.71. The van der Waals surface area contributed by atoms with E-state index in [1.807, 2.05) is 37.3 Å². The average Bonchev–Trinajstić information content (AvgIpc) is 2.96. The normalized spacial score (nSPS) is 23.2. The summed E-state index contributed by atoms with van der Waals surface area (Å²) in [5.41, 5.74) is 0.807. The Morgan fingerprint density at radius 2 is 2.00 bits per heavy atom. The molecule has 2 N–H and O–H groups in total. The molecule has 4 atom stereocenters. The first-order chi connectivity index (χ1) is 11.0. The van der Waals surface area contributed by atoms with Gasteiger partial charge in [-0.1, -0.05) is 30.3 Å². The van der Waals surface area contributed by atoms with Crippen molar-refractivity contribution in [1.82, 2.24) is 5.32 Å². The molecule has 2 rings (SSSR count). The van der Waals surface area contributed by atoms with Crippen LogP contribution in [0.3, 0.4) is 0 Å². The van der Waals surface area contributed by atoms with Crippen molar-refractivity contribution < 1.29 is 19.4 Å². The Kier molecular flexibility index (Phi) is 6.16. The lowest BCUT2D eigenvalue weighted by Crippen LogP contribution is -2.35. The monoisotopic (exact) mass is 319 g/mol. The van der Waals surface area contributed by atoms with Gasteiger partial charge in [0.25, 0.3) is 0 Å². The molecule has 1 aromatic carbocycles. The van der Waals surface area contributed by atoms with Crippen molar-refractivity contribution in [3.63, 3.8) is 0 Å². The Balaban J connectivity index is 1.94. The van der Waals surface area contributed by atoms with Crippen molar-refractivity contribution in [2.45, 2.75) is 57.8 Å². The fourth-order valence-corrected chi connectivity index (χ4v) is 2.94. The van der Waals surface area contributed by atoms with Gasteiger partial charge in [-0.15, -0.1) is 0 Å². The topological polar surface area (TPSA) is 75.6 Å². The summed E-state index contributed by atoms with van der Waals surface area (Å²) in [7, 11) is 0. The number of hydrogen-bond acceptors (Lipinski definition) is 3. The molecule has 5 nitrogen and oxygen atoms in total. The van der Waals surface area contributed by atoms with Crippen molar-refractivity contribution in [2.75, 3.05) is 0 Å². The standard InChI is InChI=1S/C18H25NO4/c1-12-8-9-15(23-12)10-11-16(20)19-17(13(2)18(21)22)14-6-4-3-5-7-14/h3-7,12-13,15,17H,8-11H2,1-2H3,(H,19,20)(H,21,22). The number of ether oxygens (including phenoxy) is 1. The molecular weight excluding hydrogens is 294 g/mol. The lowest BCUT2D eigenvalue weighted by Gasteiger charge is -2.23. The molecule has 23 heavy (non-hydrogen) atoms. The Labute approximate surface area is 137 Å². The molecule has 0 spiro atoms. The number of rotatable bonds is 7. The quantitative estimate of drug-likeness (QED) is 0.810. The third-order valence-corrected chi connectivity index (χ3v) is 4.38. The van der Waals surface area contributed by atoms with Crippen LogP contribution in [-0.2, 0) is 14.3 Å². The van der Waals surface area contributed by atoms with Gasteiger partial charge < -0.3 is 15.2 Å². The molecule has 1 fully saturated rings. The van der Waals surface area contributed by atoms with Gasteiger partial charge in [0.1, 0.15) is 0 Å². The first kappa shape index (κ1) is 17.5. The highest BCUT2D eigenvalue weighted by molar-refractivity contribution is 5.78. The molecule has 1 saturated heterocycles. The van der Waals surface area contributed by atoms with Crippen molar-refractivity contribution in [2.24, 2.45) is 5.92 Å². The van der Waals surface area contributed by atoms with E-state index in [1.165, 1.54) is 0 Å². The van der Waals surface area contributed by atoms with Gasteiger partial charge in [-0.25, -0.2) is 0 Å². The summed E-state index contributed by atoms with van der Waals surface area (Å²) in [4.78, 5) is 23.6. The maximum Gasteiger partial charge on any atom is 0.308 e. The van der Waals surface area contributed by atoms with E-state index in [4.69, 9.17) is 4.74 Å². The number of hydrogen-bond donors (Lipinski definition) is 2. The van der Waals surface area contributed by atoms with Crippen molar-refractivity contribution in [3.8, 4) is 0 Å². The Hall–Kier alpha value is -1.88. The smallest absolute Gasteiger partial charge is 0.308 e. The maximum absolute atomic E-state index is 12.2. The average molecular weight is 319 g/mol. The zero-order valence-electron chi connectivity index (χ0n) is 13.7. The van der Waals surface area contributed by atoms with Crippen LogP contribution in [0.1, 0.15) is 51.1 Å². The number of carboxylic acids is 1. The maximum atomic E-state index is 12.2. The van der Waals surface area contributed by atoms with Crippen LogP contribution in [0.4, 0.5) is 0 Å². The van der Waals surface area contributed by atoms with E-state index in [9.17, 15) is 14.7 Å². The molecule has 4 unspecified atom stereocenters. The molecular formula is C18H25NO4. The predicted octanol–water partition coefficient (Wildman–Crippen LogP) is 2.91. The number of nitrogens with one attached hydrogen (secondary N) is 1. The van der Waals surface area contributed by atoms with Gasteiger partial charge in [0, 0.05) is 6.42 Å². The lowest BCUT2D eigenvalue weighted by atomic mass is 9.94. The van der Waals surface area contributed by atoms with Gasteiger partial charge in [0.15, 0.2) is 0 Å². The van der Waals surface area contributed by atoms with Crippen LogP contribution in [-0.4, -0.2) is 29.2 Å². The second-order valence-corrected chi connectivity index (χ2v) is 6.27. The molecule has 1 aliphatic heterocycles. The highest BCUT2D eigenvalue weighted by Crippen LogP contribution is 2.24. The van der Waals surface area contributed by atoms with Crippen LogP contribution in [0.2, 0.25) is 0 Å². The van der Waals surface area contributed by atoms with Crippen LogP contribution >= 0.6 is 0 Å². The Morgan fingerprint density at radius 3 is 2.57 bits per heavy atom. The third kappa shape index (κ3) is 5.06. The van der Waals surface area contributed by atoms with Crippen LogP contribution in [0.25, 0.3) is 0 Å². The largest absolute Gasteiger partial charge is 0.481 e. The van der Waals surface area contributed by atoms with Crippen molar-refractivity contribution >= 4 is 11.9 Å². The van der Waals surface area contributed by atoms with E-state index in [-0.39, 0.29) is 18.1 Å². The number of carbonyl (C=O) groups is 2. The van der Waals surface area contributed by atoms with E-state index >= 15 is 0 Å². The highest BCUT2D eigenvalue weighted by Gasteiger charge is 2.27. The van der Waals surface area contributed by atoms with Crippen LogP contribution in [0.15, 0.2) is 30.3 Å². The minimum absolute atomic E-state index is 0.130. The summed E-state index contributed by atoms with van der Waals surface area (Å²) >= 11 is 0. The molecule has 0 saturated carbocycles. The van der Waals surface area contributed by atoms with Gasteiger partial charge in [-0.05, 0) is 38.7 Å². The van der Waals surface area contributed by atoms with Crippen LogP contribution in [0.5, 0.6) is 0 Å². The zero-order valence-corrected chi connectivity index (χ0v) is 13.7. The molecule has 1 heterocycles. The van der Waals surface area contributed by atoms with E-state index in [2.05, 4.69) is 5.32 Å². The first-order valence-corrected chi connectivity index (χ1v) is 8.20. The second kappa shape index (κ2) is 8.11. The van der Waals surface area contributed by atoms with Gasteiger partial charge in [-0.2, -0.15) is 0 Å². The van der Waals surface area contributed by atoms with E-state index < -0.39 is 17.9 Å². The highest BCUT2D eigenvalue weighted by atomic mass is 16.5. The van der Waals surface area contributed by atoms with Crippen molar-refractivity contribution in [1.29, 1.82) is 0 Å². The Bertz CT molecular complexity index is 531. The molecule has 5 heteroatoms. The molecule has 126 valence electrons. The summed E-state index contributed by atoms with van der Waals surface area (Å²) in [5.74, 6) is -1.74. The third-order valence-electron chi connectivity index (χ3n) is 4.38. The SMILES string of the molecule is CC1CCC(CCC(=O)NC(c2ccccc2)C(C)C(=O)O)O1. The molecule has 0 aromatic heterocycles.